The summed E-state index contributed by atoms with van der Waals surface area (Å²) in [6.45, 7) is 2.17. The molecule has 3 aliphatic rings. The molecule has 1 saturated heterocycles. The second-order valence-electron chi connectivity index (χ2n) is 7.43. The number of carbonyl (C=O) groups excluding carboxylic acids is 1. The Bertz CT molecular complexity index is 536. The SMILES string of the molecule is O=C(NC1CCCC1c1ccccc1)C1CC12CCNCC2. The topological polar surface area (TPSA) is 41.1 Å². The van der Waals surface area contributed by atoms with Crippen molar-refractivity contribution in [1.29, 1.82) is 0 Å². The van der Waals surface area contributed by atoms with Crippen LogP contribution in [0.25, 0.3) is 0 Å². The molecule has 2 saturated carbocycles. The van der Waals surface area contributed by atoms with Gasteiger partial charge in [-0.25, -0.2) is 0 Å². The molecule has 1 amide bonds. The lowest BCUT2D eigenvalue weighted by Crippen LogP contribution is -2.39. The maximum Gasteiger partial charge on any atom is 0.223 e. The highest BCUT2D eigenvalue weighted by atomic mass is 16.2. The Kier molecular flexibility index (Phi) is 3.69. The average Bonchev–Trinajstić information content (AvgIpc) is 3.05. The van der Waals surface area contributed by atoms with Crippen LogP contribution in [0.2, 0.25) is 0 Å². The Labute approximate surface area is 132 Å². The lowest BCUT2D eigenvalue weighted by atomic mass is 9.91. The summed E-state index contributed by atoms with van der Waals surface area (Å²) in [5.41, 5.74) is 1.73. The van der Waals surface area contributed by atoms with E-state index in [1.165, 1.54) is 31.2 Å². The van der Waals surface area contributed by atoms with Gasteiger partial charge in [0.15, 0.2) is 0 Å². The van der Waals surface area contributed by atoms with Gasteiger partial charge >= 0.3 is 0 Å². The molecule has 1 aromatic carbocycles. The number of hydrogen-bond acceptors (Lipinski definition) is 2. The van der Waals surface area contributed by atoms with E-state index in [1.54, 1.807) is 0 Å². The first-order chi connectivity index (χ1) is 10.8. The first-order valence-corrected chi connectivity index (χ1v) is 8.85. The molecule has 118 valence electrons. The summed E-state index contributed by atoms with van der Waals surface area (Å²) in [7, 11) is 0. The number of carbonyl (C=O) groups is 1. The molecule has 2 aliphatic carbocycles. The first-order valence-electron chi connectivity index (χ1n) is 8.85. The summed E-state index contributed by atoms with van der Waals surface area (Å²) in [4.78, 5) is 12.7. The monoisotopic (exact) mass is 298 g/mol. The predicted molar refractivity (Wildman–Crippen MR) is 87.6 cm³/mol. The van der Waals surface area contributed by atoms with Crippen LogP contribution in [0.4, 0.5) is 0 Å². The standard InChI is InChI=1S/C19H26N2O/c22-18(16-13-19(16)9-11-20-12-10-19)21-17-8-4-7-15(17)14-5-2-1-3-6-14/h1-3,5-6,15-17,20H,4,7-13H2,(H,21,22). The minimum absolute atomic E-state index is 0.284. The molecular weight excluding hydrogens is 272 g/mol. The van der Waals surface area contributed by atoms with Crippen molar-refractivity contribution >= 4 is 5.91 Å². The summed E-state index contributed by atoms with van der Waals surface area (Å²) in [6, 6.07) is 11.0. The molecule has 1 spiro atoms. The third-order valence-electron chi connectivity index (χ3n) is 6.18. The van der Waals surface area contributed by atoms with Crippen LogP contribution in [0.15, 0.2) is 30.3 Å². The maximum absolute atomic E-state index is 12.7. The molecule has 1 aliphatic heterocycles. The second-order valence-corrected chi connectivity index (χ2v) is 7.43. The van der Waals surface area contributed by atoms with E-state index in [2.05, 4.69) is 41.0 Å². The number of amides is 1. The van der Waals surface area contributed by atoms with Crippen molar-refractivity contribution in [1.82, 2.24) is 10.6 Å². The number of benzene rings is 1. The zero-order valence-electron chi connectivity index (χ0n) is 13.2. The maximum atomic E-state index is 12.7. The molecule has 4 rings (SSSR count). The molecule has 1 heterocycles. The van der Waals surface area contributed by atoms with Crippen molar-refractivity contribution < 1.29 is 4.79 Å². The van der Waals surface area contributed by atoms with Gasteiger partial charge in [0.25, 0.3) is 0 Å². The normalized spacial score (nSPS) is 32.8. The van der Waals surface area contributed by atoms with Gasteiger partial charge in [0.2, 0.25) is 5.91 Å². The second kappa shape index (κ2) is 5.69. The summed E-state index contributed by atoms with van der Waals surface area (Å²) in [6.07, 6.45) is 7.03. The number of hydrogen-bond donors (Lipinski definition) is 2. The summed E-state index contributed by atoms with van der Waals surface area (Å²) >= 11 is 0. The fraction of sp³-hybridized carbons (Fsp3) is 0.632. The van der Waals surface area contributed by atoms with Crippen LogP contribution in [0.1, 0.15) is 50.0 Å². The third kappa shape index (κ3) is 2.56. The largest absolute Gasteiger partial charge is 0.352 e. The van der Waals surface area contributed by atoms with E-state index in [-0.39, 0.29) is 5.92 Å². The van der Waals surface area contributed by atoms with Gasteiger partial charge < -0.3 is 10.6 Å². The van der Waals surface area contributed by atoms with Gasteiger partial charge in [0, 0.05) is 17.9 Å². The molecular formula is C19H26N2O. The van der Waals surface area contributed by atoms with Crippen molar-refractivity contribution in [2.24, 2.45) is 11.3 Å². The van der Waals surface area contributed by atoms with E-state index in [4.69, 9.17) is 0 Å². The Morgan fingerprint density at radius 3 is 2.68 bits per heavy atom. The summed E-state index contributed by atoms with van der Waals surface area (Å²) < 4.78 is 0. The lowest BCUT2D eigenvalue weighted by molar-refractivity contribution is -0.124. The van der Waals surface area contributed by atoms with E-state index in [1.807, 2.05) is 0 Å². The molecule has 3 unspecified atom stereocenters. The molecule has 3 nitrogen and oxygen atoms in total. The molecule has 3 atom stereocenters. The number of rotatable bonds is 3. The Morgan fingerprint density at radius 1 is 1.14 bits per heavy atom. The van der Waals surface area contributed by atoms with Crippen LogP contribution in [0, 0.1) is 11.3 Å². The molecule has 3 fully saturated rings. The molecule has 1 aromatic rings. The predicted octanol–water partition coefficient (Wildman–Crippen LogP) is 2.83. The zero-order chi connectivity index (χ0) is 15.0. The highest BCUT2D eigenvalue weighted by Crippen LogP contribution is 2.58. The smallest absolute Gasteiger partial charge is 0.223 e. The van der Waals surface area contributed by atoms with Crippen LogP contribution in [-0.4, -0.2) is 25.0 Å². The number of piperidine rings is 1. The van der Waals surface area contributed by atoms with Gasteiger partial charge in [-0.15, -0.1) is 0 Å². The Balaban J connectivity index is 1.39. The average molecular weight is 298 g/mol. The van der Waals surface area contributed by atoms with Gasteiger partial charge in [-0.3, -0.25) is 4.79 Å². The molecule has 2 N–H and O–H groups in total. The van der Waals surface area contributed by atoms with Crippen molar-refractivity contribution in [3.63, 3.8) is 0 Å². The summed E-state index contributed by atoms with van der Waals surface area (Å²) in [5, 5.41) is 6.81. The molecule has 3 heteroatoms. The van der Waals surface area contributed by atoms with E-state index >= 15 is 0 Å². The Hall–Kier alpha value is -1.35. The fourth-order valence-corrected chi connectivity index (χ4v) is 4.71. The van der Waals surface area contributed by atoms with Crippen molar-refractivity contribution in [2.45, 2.75) is 50.5 Å². The van der Waals surface area contributed by atoms with Crippen molar-refractivity contribution in [3.05, 3.63) is 35.9 Å². The molecule has 22 heavy (non-hydrogen) atoms. The van der Waals surface area contributed by atoms with Gasteiger partial charge in [-0.05, 0) is 56.2 Å². The van der Waals surface area contributed by atoms with Crippen LogP contribution >= 0.6 is 0 Å². The van der Waals surface area contributed by atoms with Crippen LogP contribution in [0.3, 0.4) is 0 Å². The summed E-state index contributed by atoms with van der Waals surface area (Å²) in [5.74, 6) is 1.12. The fourth-order valence-electron chi connectivity index (χ4n) is 4.71. The quantitative estimate of drug-likeness (QED) is 0.901. The van der Waals surface area contributed by atoms with E-state index in [0.717, 1.165) is 25.9 Å². The Morgan fingerprint density at radius 2 is 1.91 bits per heavy atom. The zero-order valence-corrected chi connectivity index (χ0v) is 13.2. The van der Waals surface area contributed by atoms with Crippen LogP contribution in [-0.2, 0) is 4.79 Å². The van der Waals surface area contributed by atoms with Gasteiger partial charge in [0.05, 0.1) is 0 Å². The highest BCUT2D eigenvalue weighted by Gasteiger charge is 2.57. The van der Waals surface area contributed by atoms with Gasteiger partial charge in [-0.1, -0.05) is 36.8 Å². The number of nitrogens with one attached hydrogen (secondary N) is 2. The minimum atomic E-state index is 0.284. The molecule has 0 radical (unpaired) electrons. The van der Waals surface area contributed by atoms with Crippen molar-refractivity contribution in [2.75, 3.05) is 13.1 Å². The first kappa shape index (κ1) is 14.3. The van der Waals surface area contributed by atoms with E-state index in [0.29, 0.717) is 23.3 Å². The third-order valence-corrected chi connectivity index (χ3v) is 6.18. The molecule has 0 bridgehead atoms. The van der Waals surface area contributed by atoms with Crippen LogP contribution in [0.5, 0.6) is 0 Å². The van der Waals surface area contributed by atoms with Crippen LogP contribution < -0.4 is 10.6 Å². The molecule has 0 aromatic heterocycles. The van der Waals surface area contributed by atoms with Crippen molar-refractivity contribution in [3.8, 4) is 0 Å². The minimum Gasteiger partial charge on any atom is -0.352 e. The van der Waals surface area contributed by atoms with E-state index in [9.17, 15) is 4.79 Å². The van der Waals surface area contributed by atoms with Gasteiger partial charge in [0.1, 0.15) is 0 Å². The van der Waals surface area contributed by atoms with E-state index < -0.39 is 0 Å². The highest BCUT2D eigenvalue weighted by molar-refractivity contribution is 5.83. The lowest BCUT2D eigenvalue weighted by Gasteiger charge is -2.25. The van der Waals surface area contributed by atoms with Gasteiger partial charge in [-0.2, -0.15) is 0 Å².